The van der Waals surface area contributed by atoms with Crippen molar-refractivity contribution in [3.63, 3.8) is 0 Å². The molecule has 1 aromatic rings. The Kier molecular flexibility index (Phi) is 6.03. The van der Waals surface area contributed by atoms with Gasteiger partial charge in [0.2, 0.25) is 0 Å². The lowest BCUT2D eigenvalue weighted by Gasteiger charge is -2.28. The Labute approximate surface area is 119 Å². The maximum Gasteiger partial charge on any atom is 0.324 e. The van der Waals surface area contributed by atoms with Crippen LogP contribution in [0.15, 0.2) is 24.3 Å². The number of rotatable bonds is 6. The normalized spacial score (nSPS) is 10.2. The van der Waals surface area contributed by atoms with Crippen molar-refractivity contribution in [2.75, 3.05) is 25.0 Å². The first-order valence-corrected chi connectivity index (χ1v) is 6.76. The molecule has 0 unspecified atom stereocenters. The molecule has 0 spiro atoms. The quantitative estimate of drug-likeness (QED) is 0.870. The van der Waals surface area contributed by atoms with Crippen molar-refractivity contribution in [2.24, 2.45) is 0 Å². The third kappa shape index (κ3) is 4.57. The fourth-order valence-electron chi connectivity index (χ4n) is 1.90. The van der Waals surface area contributed by atoms with Crippen LogP contribution in [0.25, 0.3) is 0 Å². The molecule has 0 saturated carbocycles. The molecule has 0 bridgehead atoms. The molecule has 1 rings (SSSR count). The lowest BCUT2D eigenvalue weighted by Crippen LogP contribution is -2.42. The van der Waals surface area contributed by atoms with E-state index in [-0.39, 0.29) is 19.0 Å². The number of aliphatic carboxylic acids is 1. The van der Waals surface area contributed by atoms with E-state index in [1.807, 2.05) is 38.1 Å². The van der Waals surface area contributed by atoms with Crippen LogP contribution in [0.3, 0.4) is 0 Å². The van der Waals surface area contributed by atoms with E-state index < -0.39 is 5.97 Å². The van der Waals surface area contributed by atoms with Gasteiger partial charge in [0.25, 0.3) is 0 Å². The van der Waals surface area contributed by atoms with Gasteiger partial charge >= 0.3 is 12.0 Å². The average Bonchev–Trinajstić information content (AvgIpc) is 2.40. The van der Waals surface area contributed by atoms with E-state index in [9.17, 15) is 9.59 Å². The maximum atomic E-state index is 12.4. The number of amides is 2. The van der Waals surface area contributed by atoms with Crippen molar-refractivity contribution in [2.45, 2.75) is 26.7 Å². The molecule has 0 heterocycles. The summed E-state index contributed by atoms with van der Waals surface area (Å²) >= 11 is 0. The van der Waals surface area contributed by atoms with E-state index >= 15 is 0 Å². The summed E-state index contributed by atoms with van der Waals surface area (Å²) in [5, 5.41) is 8.83. The molecule has 0 atom stereocenters. The first kappa shape index (κ1) is 16.0. The standard InChI is InChI=1S/C15H22N2O3/c1-4-10-16(3)15(20)17(11-9-14(18)19)13-7-5-12(2)6-8-13/h5-8H,4,9-11H2,1-3H3,(H,18,19). The largest absolute Gasteiger partial charge is 0.481 e. The fraction of sp³-hybridized carbons (Fsp3) is 0.467. The third-order valence-corrected chi connectivity index (χ3v) is 3.01. The molecule has 5 heteroatoms. The van der Waals surface area contributed by atoms with E-state index in [1.165, 1.54) is 4.90 Å². The second-order valence-electron chi connectivity index (χ2n) is 4.84. The summed E-state index contributed by atoms with van der Waals surface area (Å²) in [6.07, 6.45) is 0.794. The van der Waals surface area contributed by atoms with Gasteiger partial charge in [-0.3, -0.25) is 9.69 Å². The van der Waals surface area contributed by atoms with Gasteiger partial charge in [0.05, 0.1) is 6.42 Å². The monoisotopic (exact) mass is 278 g/mol. The zero-order valence-corrected chi connectivity index (χ0v) is 12.3. The predicted octanol–water partition coefficient (Wildman–Crippen LogP) is 2.74. The van der Waals surface area contributed by atoms with Gasteiger partial charge in [0.1, 0.15) is 0 Å². The predicted molar refractivity (Wildman–Crippen MR) is 79.1 cm³/mol. The van der Waals surface area contributed by atoms with Crippen molar-refractivity contribution in [3.8, 4) is 0 Å². The minimum atomic E-state index is -0.909. The second kappa shape index (κ2) is 7.53. The Bertz CT molecular complexity index is 457. The third-order valence-electron chi connectivity index (χ3n) is 3.01. The minimum absolute atomic E-state index is 0.0699. The second-order valence-corrected chi connectivity index (χ2v) is 4.84. The van der Waals surface area contributed by atoms with Gasteiger partial charge < -0.3 is 10.0 Å². The van der Waals surface area contributed by atoms with Crippen LogP contribution >= 0.6 is 0 Å². The van der Waals surface area contributed by atoms with Gasteiger partial charge in [-0.25, -0.2) is 4.79 Å². The van der Waals surface area contributed by atoms with Crippen LogP contribution < -0.4 is 4.90 Å². The van der Waals surface area contributed by atoms with Gasteiger partial charge in [-0.05, 0) is 25.5 Å². The van der Waals surface area contributed by atoms with Crippen LogP contribution in [-0.4, -0.2) is 42.1 Å². The Balaban J connectivity index is 2.92. The highest BCUT2D eigenvalue weighted by Gasteiger charge is 2.19. The van der Waals surface area contributed by atoms with E-state index in [2.05, 4.69) is 0 Å². The molecule has 0 aliphatic rings. The highest BCUT2D eigenvalue weighted by molar-refractivity contribution is 5.92. The summed E-state index contributed by atoms with van der Waals surface area (Å²) in [6, 6.07) is 7.34. The number of anilines is 1. The molecule has 1 N–H and O–H groups in total. The van der Waals surface area contributed by atoms with E-state index in [0.29, 0.717) is 6.54 Å². The molecule has 0 saturated heterocycles. The topological polar surface area (TPSA) is 60.9 Å². The molecular weight excluding hydrogens is 256 g/mol. The Morgan fingerprint density at radius 2 is 1.75 bits per heavy atom. The average molecular weight is 278 g/mol. The van der Waals surface area contributed by atoms with Crippen LogP contribution in [0, 0.1) is 6.92 Å². The van der Waals surface area contributed by atoms with Crippen LogP contribution in [0.2, 0.25) is 0 Å². The minimum Gasteiger partial charge on any atom is -0.481 e. The molecule has 0 radical (unpaired) electrons. The summed E-state index contributed by atoms with van der Waals surface area (Å²) in [5.74, 6) is -0.909. The molecule has 0 aliphatic carbocycles. The number of urea groups is 1. The lowest BCUT2D eigenvalue weighted by atomic mass is 10.2. The zero-order chi connectivity index (χ0) is 15.1. The maximum absolute atomic E-state index is 12.4. The van der Waals surface area contributed by atoms with Crippen LogP contribution in [-0.2, 0) is 4.79 Å². The van der Waals surface area contributed by atoms with Gasteiger partial charge in [0.15, 0.2) is 0 Å². The van der Waals surface area contributed by atoms with Gasteiger partial charge in [-0.2, -0.15) is 0 Å². The number of carbonyl (C=O) groups excluding carboxylic acids is 1. The molecule has 20 heavy (non-hydrogen) atoms. The van der Waals surface area contributed by atoms with E-state index in [4.69, 9.17) is 5.11 Å². The molecule has 1 aromatic carbocycles. The Morgan fingerprint density at radius 3 is 2.25 bits per heavy atom. The number of aryl methyl sites for hydroxylation is 1. The molecule has 0 fully saturated rings. The van der Waals surface area contributed by atoms with Crippen molar-refractivity contribution in [3.05, 3.63) is 29.8 Å². The molecular formula is C15H22N2O3. The molecule has 110 valence electrons. The fourth-order valence-corrected chi connectivity index (χ4v) is 1.90. The van der Waals surface area contributed by atoms with E-state index in [1.54, 1.807) is 11.9 Å². The summed E-state index contributed by atoms with van der Waals surface area (Å²) in [7, 11) is 1.73. The first-order chi connectivity index (χ1) is 9.45. The number of benzene rings is 1. The number of hydrogen-bond donors (Lipinski definition) is 1. The number of carboxylic acid groups (broad SMARTS) is 1. The van der Waals surface area contributed by atoms with Gasteiger partial charge in [-0.15, -0.1) is 0 Å². The van der Waals surface area contributed by atoms with Crippen LogP contribution in [0.1, 0.15) is 25.3 Å². The van der Waals surface area contributed by atoms with Gasteiger partial charge in [-0.1, -0.05) is 24.6 Å². The highest BCUT2D eigenvalue weighted by atomic mass is 16.4. The summed E-state index contributed by atoms with van der Waals surface area (Å²) < 4.78 is 0. The number of carboxylic acids is 1. The molecule has 5 nitrogen and oxygen atoms in total. The van der Waals surface area contributed by atoms with Crippen molar-refractivity contribution >= 4 is 17.7 Å². The van der Waals surface area contributed by atoms with Crippen molar-refractivity contribution in [1.82, 2.24) is 4.90 Å². The van der Waals surface area contributed by atoms with Crippen molar-refractivity contribution < 1.29 is 14.7 Å². The molecule has 0 aliphatic heterocycles. The Hall–Kier alpha value is -2.04. The lowest BCUT2D eigenvalue weighted by molar-refractivity contribution is -0.136. The Morgan fingerprint density at radius 1 is 1.15 bits per heavy atom. The van der Waals surface area contributed by atoms with Gasteiger partial charge in [0, 0.05) is 25.8 Å². The smallest absolute Gasteiger partial charge is 0.324 e. The first-order valence-electron chi connectivity index (χ1n) is 6.76. The SMILES string of the molecule is CCCN(C)C(=O)N(CCC(=O)O)c1ccc(C)cc1. The number of hydrogen-bond acceptors (Lipinski definition) is 2. The number of nitrogens with zero attached hydrogens (tertiary/aromatic N) is 2. The highest BCUT2D eigenvalue weighted by Crippen LogP contribution is 2.17. The van der Waals surface area contributed by atoms with Crippen molar-refractivity contribution in [1.29, 1.82) is 0 Å². The summed E-state index contributed by atoms with van der Waals surface area (Å²) in [6.45, 7) is 4.78. The zero-order valence-electron chi connectivity index (χ0n) is 12.3. The summed E-state index contributed by atoms with van der Waals surface area (Å²) in [4.78, 5) is 26.3. The van der Waals surface area contributed by atoms with Crippen LogP contribution in [0.5, 0.6) is 0 Å². The summed E-state index contributed by atoms with van der Waals surface area (Å²) in [5.41, 5.74) is 1.83. The van der Waals surface area contributed by atoms with Crippen LogP contribution in [0.4, 0.5) is 10.5 Å². The molecule has 2 amide bonds. The van der Waals surface area contributed by atoms with E-state index in [0.717, 1.165) is 17.7 Å². The molecule has 0 aromatic heterocycles. The number of carbonyl (C=O) groups is 2.